The van der Waals surface area contributed by atoms with Gasteiger partial charge in [0.2, 0.25) is 0 Å². The molecule has 0 aliphatic carbocycles. The fourth-order valence-corrected chi connectivity index (χ4v) is 3.88. The third-order valence-electron chi connectivity index (χ3n) is 5.13. The van der Waals surface area contributed by atoms with Gasteiger partial charge in [-0.1, -0.05) is 54.6 Å². The first-order chi connectivity index (χ1) is 12.5. The Morgan fingerprint density at radius 3 is 2.35 bits per heavy atom. The van der Waals surface area contributed by atoms with Gasteiger partial charge in [-0.3, -0.25) is 4.79 Å². The van der Waals surface area contributed by atoms with E-state index >= 15 is 0 Å². The lowest BCUT2D eigenvalue weighted by Gasteiger charge is -2.32. The largest absolute Gasteiger partial charge is 0.303 e. The first kappa shape index (κ1) is 18.4. The molecule has 1 heterocycles. The molecule has 136 valence electrons. The molecule has 3 rings (SSSR count). The van der Waals surface area contributed by atoms with Crippen LogP contribution in [0.3, 0.4) is 0 Å². The van der Waals surface area contributed by atoms with Crippen LogP contribution in [0.1, 0.15) is 17.5 Å². The highest BCUT2D eigenvalue weighted by Gasteiger charge is 2.52. The van der Waals surface area contributed by atoms with E-state index in [4.69, 9.17) is 0 Å². The van der Waals surface area contributed by atoms with Gasteiger partial charge in [0.25, 0.3) is 5.91 Å². The van der Waals surface area contributed by atoms with E-state index in [0.29, 0.717) is 0 Å². The topological polar surface area (TPSA) is 26.8 Å². The van der Waals surface area contributed by atoms with Gasteiger partial charge >= 0.3 is 0 Å². The summed E-state index contributed by atoms with van der Waals surface area (Å²) in [4.78, 5) is 15.9. The number of para-hydroxylation sites is 1. The molecule has 1 amide bonds. The van der Waals surface area contributed by atoms with Crippen molar-refractivity contribution in [2.45, 2.75) is 11.8 Å². The van der Waals surface area contributed by atoms with Crippen LogP contribution in [0, 0.1) is 0 Å². The van der Waals surface area contributed by atoms with Crippen LogP contribution in [0.5, 0.6) is 0 Å². The van der Waals surface area contributed by atoms with E-state index in [2.05, 4.69) is 36.7 Å². The summed E-state index contributed by atoms with van der Waals surface area (Å²) in [7, 11) is 5.90. The molecule has 0 saturated heterocycles. The zero-order chi connectivity index (χ0) is 18.7. The van der Waals surface area contributed by atoms with Gasteiger partial charge in [-0.05, 0) is 37.2 Å². The van der Waals surface area contributed by atoms with Crippen molar-refractivity contribution in [2.75, 3.05) is 39.2 Å². The van der Waals surface area contributed by atoms with Crippen molar-refractivity contribution >= 4 is 11.6 Å². The second-order valence-electron chi connectivity index (χ2n) is 7.05. The molecule has 0 N–H and O–H groups in total. The van der Waals surface area contributed by atoms with Crippen LogP contribution < -0.4 is 5.01 Å². The molecule has 0 fully saturated rings. The van der Waals surface area contributed by atoms with Gasteiger partial charge in [0.15, 0.2) is 0 Å². The normalized spacial score (nSPS) is 19.3. The summed E-state index contributed by atoms with van der Waals surface area (Å²) in [5.74, 6) is 0.113. The predicted molar refractivity (Wildman–Crippen MR) is 107 cm³/mol. The highest BCUT2D eigenvalue weighted by atomic mass is 16.2. The lowest BCUT2D eigenvalue weighted by atomic mass is 9.73. The van der Waals surface area contributed by atoms with Crippen LogP contribution >= 0.6 is 0 Å². The van der Waals surface area contributed by atoms with Crippen molar-refractivity contribution in [2.24, 2.45) is 0 Å². The Labute approximate surface area is 156 Å². The van der Waals surface area contributed by atoms with Gasteiger partial charge in [0.05, 0.1) is 5.69 Å². The Morgan fingerprint density at radius 1 is 1.04 bits per heavy atom. The number of carbonyl (C=O) groups is 1. The Morgan fingerprint density at radius 2 is 1.69 bits per heavy atom. The monoisotopic (exact) mass is 349 g/mol. The van der Waals surface area contributed by atoms with Crippen LogP contribution in [-0.4, -0.2) is 50.0 Å². The molecule has 1 atom stereocenters. The maximum absolute atomic E-state index is 13.7. The van der Waals surface area contributed by atoms with Gasteiger partial charge in [-0.15, -0.1) is 6.58 Å². The number of hydrazine groups is 1. The number of fused-ring (bicyclic) bond motifs is 1. The SMILES string of the molecule is C=CCN(C)CCC1(c2ccccc2)C(=O)N(N(C)C)c2ccccc21. The number of benzene rings is 2. The molecule has 0 spiro atoms. The summed E-state index contributed by atoms with van der Waals surface area (Å²) < 4.78 is 0. The summed E-state index contributed by atoms with van der Waals surface area (Å²) in [6, 6.07) is 18.3. The van der Waals surface area contributed by atoms with Crippen LogP contribution in [-0.2, 0) is 10.2 Å². The maximum Gasteiger partial charge on any atom is 0.256 e. The van der Waals surface area contributed by atoms with Crippen LogP contribution in [0.25, 0.3) is 0 Å². The summed E-state index contributed by atoms with van der Waals surface area (Å²) >= 11 is 0. The number of hydrogen-bond acceptors (Lipinski definition) is 3. The van der Waals surface area contributed by atoms with E-state index in [1.54, 1.807) is 5.01 Å². The van der Waals surface area contributed by atoms with Crippen molar-refractivity contribution in [3.05, 3.63) is 78.4 Å². The van der Waals surface area contributed by atoms with Crippen molar-refractivity contribution in [1.29, 1.82) is 0 Å². The van der Waals surface area contributed by atoms with Crippen LogP contribution in [0.2, 0.25) is 0 Å². The van der Waals surface area contributed by atoms with Gasteiger partial charge < -0.3 is 4.90 Å². The Balaban J connectivity index is 2.14. The highest BCUT2D eigenvalue weighted by Crippen LogP contribution is 2.48. The lowest BCUT2D eigenvalue weighted by molar-refractivity contribution is -0.124. The molecule has 1 aliphatic heterocycles. The average Bonchev–Trinajstić information content (AvgIpc) is 2.90. The molecule has 0 radical (unpaired) electrons. The third-order valence-corrected chi connectivity index (χ3v) is 5.13. The molecule has 1 aliphatic rings. The smallest absolute Gasteiger partial charge is 0.256 e. The van der Waals surface area contributed by atoms with E-state index < -0.39 is 5.41 Å². The first-order valence-corrected chi connectivity index (χ1v) is 8.98. The molecular formula is C22H27N3O. The van der Waals surface area contributed by atoms with E-state index in [1.807, 2.05) is 61.6 Å². The zero-order valence-corrected chi connectivity index (χ0v) is 15.9. The van der Waals surface area contributed by atoms with Crippen molar-refractivity contribution in [3.63, 3.8) is 0 Å². The molecule has 4 heteroatoms. The number of anilines is 1. The summed E-state index contributed by atoms with van der Waals surface area (Å²) in [5, 5.41) is 3.68. The fraction of sp³-hybridized carbons (Fsp3) is 0.318. The molecule has 1 unspecified atom stereocenters. The van der Waals surface area contributed by atoms with Crippen molar-refractivity contribution in [1.82, 2.24) is 9.91 Å². The van der Waals surface area contributed by atoms with Crippen molar-refractivity contribution < 1.29 is 4.79 Å². The Kier molecular flexibility index (Phi) is 5.25. The summed E-state index contributed by atoms with van der Waals surface area (Å²) in [5.41, 5.74) is 2.43. The first-order valence-electron chi connectivity index (χ1n) is 8.98. The molecule has 0 aromatic heterocycles. The standard InChI is InChI=1S/C22H27N3O/c1-5-16-24(4)17-15-22(18-11-7-6-8-12-18)19-13-9-10-14-20(19)25(21(22)26)23(2)3/h5-14H,1,15-17H2,2-4H3. The zero-order valence-electron chi connectivity index (χ0n) is 15.9. The van der Waals surface area contributed by atoms with Crippen LogP contribution in [0.15, 0.2) is 67.3 Å². The number of hydrogen-bond donors (Lipinski definition) is 0. The highest BCUT2D eigenvalue weighted by molar-refractivity contribution is 6.09. The van der Waals surface area contributed by atoms with Crippen LogP contribution in [0.4, 0.5) is 5.69 Å². The minimum absolute atomic E-state index is 0.113. The quantitative estimate of drug-likeness (QED) is 0.718. The molecule has 0 bridgehead atoms. The van der Waals surface area contributed by atoms with E-state index in [-0.39, 0.29) is 5.91 Å². The maximum atomic E-state index is 13.7. The number of nitrogens with zero attached hydrogens (tertiary/aromatic N) is 3. The van der Waals surface area contributed by atoms with Gasteiger partial charge in [0, 0.05) is 20.6 Å². The minimum Gasteiger partial charge on any atom is -0.303 e. The van der Waals surface area contributed by atoms with Gasteiger partial charge in [0.1, 0.15) is 5.41 Å². The Bertz CT molecular complexity index is 787. The second-order valence-corrected chi connectivity index (χ2v) is 7.05. The molecule has 2 aromatic rings. The van der Waals surface area contributed by atoms with Gasteiger partial charge in [-0.25, -0.2) is 10.0 Å². The lowest BCUT2D eigenvalue weighted by Crippen LogP contribution is -2.48. The van der Waals surface area contributed by atoms with Gasteiger partial charge in [-0.2, -0.15) is 0 Å². The summed E-state index contributed by atoms with van der Waals surface area (Å²) in [6.07, 6.45) is 2.62. The van der Waals surface area contributed by atoms with Crippen molar-refractivity contribution in [3.8, 4) is 0 Å². The van der Waals surface area contributed by atoms with E-state index in [1.165, 1.54) is 0 Å². The second kappa shape index (κ2) is 7.44. The average molecular weight is 349 g/mol. The molecule has 0 saturated carbocycles. The predicted octanol–water partition coefficient (Wildman–Crippen LogP) is 3.30. The fourth-order valence-electron chi connectivity index (χ4n) is 3.88. The van der Waals surface area contributed by atoms with E-state index in [9.17, 15) is 4.79 Å². The molecular weight excluding hydrogens is 322 g/mol. The number of likely N-dealkylation sites (N-methyl/N-ethyl adjacent to an activating group) is 1. The third kappa shape index (κ3) is 2.96. The number of carbonyl (C=O) groups excluding carboxylic acids is 1. The molecule has 2 aromatic carbocycles. The Hall–Kier alpha value is -2.43. The minimum atomic E-state index is -0.669. The number of amides is 1. The summed E-state index contributed by atoms with van der Waals surface area (Å²) in [6.45, 7) is 5.43. The molecule has 4 nitrogen and oxygen atoms in total. The number of rotatable bonds is 7. The van der Waals surface area contributed by atoms with E-state index in [0.717, 1.165) is 36.3 Å². The molecule has 26 heavy (non-hydrogen) atoms.